The van der Waals surface area contributed by atoms with E-state index in [1.54, 1.807) is 6.07 Å². The van der Waals surface area contributed by atoms with Crippen LogP contribution >= 0.6 is 27.5 Å². The topological polar surface area (TPSA) is 39.2 Å². The third-order valence-corrected chi connectivity index (χ3v) is 2.13. The molecule has 1 heterocycles. The van der Waals surface area contributed by atoms with Crippen LogP contribution in [-0.2, 0) is 4.74 Å². The Bertz CT molecular complexity index is 437. The maximum atomic E-state index is 11.2. The molecule has 1 aromatic heterocycles. The zero-order valence-corrected chi connectivity index (χ0v) is 10.2. The summed E-state index contributed by atoms with van der Waals surface area (Å²) < 4.78 is 4.56. The molecule has 0 saturated carbocycles. The van der Waals surface area contributed by atoms with Crippen molar-refractivity contribution in [1.29, 1.82) is 0 Å². The first-order valence-corrected chi connectivity index (χ1v) is 5.47. The minimum atomic E-state index is -0.457. The summed E-state index contributed by atoms with van der Waals surface area (Å²) in [5, 5.41) is 0.808. The van der Waals surface area contributed by atoms with E-state index < -0.39 is 5.97 Å². The van der Waals surface area contributed by atoms with Crippen molar-refractivity contribution in [2.75, 3.05) is 12.4 Å². The van der Waals surface area contributed by atoms with Crippen LogP contribution in [0.3, 0.4) is 0 Å². The quantitative estimate of drug-likeness (QED) is 0.344. The minimum Gasteiger partial charge on any atom is -0.465 e. The molecule has 0 aromatic carbocycles. The van der Waals surface area contributed by atoms with E-state index in [4.69, 9.17) is 11.6 Å². The molecule has 1 aromatic rings. The Hall–Kier alpha value is -1.05. The lowest BCUT2D eigenvalue weighted by molar-refractivity contribution is 0.0600. The molecule has 0 atom stereocenters. The van der Waals surface area contributed by atoms with Crippen LogP contribution < -0.4 is 0 Å². The summed E-state index contributed by atoms with van der Waals surface area (Å²) in [4.78, 5) is 15.0. The number of rotatable bonds is 1. The van der Waals surface area contributed by atoms with Crippen molar-refractivity contribution in [3.05, 3.63) is 28.5 Å². The van der Waals surface area contributed by atoms with Gasteiger partial charge in [0, 0.05) is 6.20 Å². The van der Waals surface area contributed by atoms with Gasteiger partial charge < -0.3 is 4.74 Å². The number of alkyl halides is 1. The first-order chi connectivity index (χ1) is 7.19. The van der Waals surface area contributed by atoms with Crippen molar-refractivity contribution >= 4 is 33.5 Å². The Morgan fingerprint density at radius 2 is 2.47 bits per heavy atom. The number of ether oxygens (including phenoxy) is 1. The van der Waals surface area contributed by atoms with Crippen LogP contribution in [0.1, 0.15) is 15.9 Å². The zero-order valence-electron chi connectivity index (χ0n) is 7.88. The van der Waals surface area contributed by atoms with Crippen molar-refractivity contribution in [2.45, 2.75) is 0 Å². The molecule has 0 radical (unpaired) electrons. The third-order valence-electron chi connectivity index (χ3n) is 1.55. The molecular weight excluding hydrogens is 281 g/mol. The van der Waals surface area contributed by atoms with Crippen LogP contribution in [0.5, 0.6) is 0 Å². The van der Waals surface area contributed by atoms with Crippen LogP contribution in [0.2, 0.25) is 5.15 Å². The van der Waals surface area contributed by atoms with E-state index in [1.165, 1.54) is 13.3 Å². The minimum absolute atomic E-state index is 0.274. The number of hydrogen-bond acceptors (Lipinski definition) is 3. The Labute approximate surface area is 101 Å². The van der Waals surface area contributed by atoms with E-state index in [0.717, 1.165) is 0 Å². The van der Waals surface area contributed by atoms with Gasteiger partial charge in [0.2, 0.25) is 0 Å². The normalized spacial score (nSPS) is 9.00. The number of methoxy groups -OCH3 is 1. The lowest BCUT2D eigenvalue weighted by atomic mass is 10.2. The van der Waals surface area contributed by atoms with E-state index >= 15 is 0 Å². The summed E-state index contributed by atoms with van der Waals surface area (Å²) in [6, 6.07) is 1.55. The van der Waals surface area contributed by atoms with E-state index in [9.17, 15) is 4.79 Å². The second-order valence-electron chi connectivity index (χ2n) is 2.49. The van der Waals surface area contributed by atoms with Crippen LogP contribution in [0.15, 0.2) is 12.3 Å². The number of hydrogen-bond donors (Lipinski definition) is 0. The standard InChI is InChI=1S/C10H7BrClNO2/c1-15-10(14)8-5-7(3-2-4-11)9(12)13-6-8/h5-6H,4H2,1H3. The maximum absolute atomic E-state index is 11.2. The molecule has 0 amide bonds. The van der Waals surface area contributed by atoms with Gasteiger partial charge in [-0.25, -0.2) is 9.78 Å². The third kappa shape index (κ3) is 3.22. The van der Waals surface area contributed by atoms with Gasteiger partial charge in [0.25, 0.3) is 0 Å². The first kappa shape index (κ1) is 12.0. The van der Waals surface area contributed by atoms with Gasteiger partial charge in [0.1, 0.15) is 5.15 Å². The molecule has 0 N–H and O–H groups in total. The zero-order chi connectivity index (χ0) is 11.3. The Kier molecular flexibility index (Phi) is 4.60. The van der Waals surface area contributed by atoms with Gasteiger partial charge in [0.15, 0.2) is 0 Å². The molecule has 78 valence electrons. The van der Waals surface area contributed by atoms with Gasteiger partial charge in [-0.15, -0.1) is 0 Å². The molecule has 0 aliphatic heterocycles. The van der Waals surface area contributed by atoms with Gasteiger partial charge in [-0.1, -0.05) is 39.4 Å². The Morgan fingerprint density at radius 3 is 3.07 bits per heavy atom. The number of carbonyl (C=O) groups excluding carboxylic acids is 1. The molecule has 0 saturated heterocycles. The van der Waals surface area contributed by atoms with Gasteiger partial charge in [-0.3, -0.25) is 0 Å². The predicted octanol–water partition coefficient (Wildman–Crippen LogP) is 2.27. The van der Waals surface area contributed by atoms with Crippen molar-refractivity contribution in [2.24, 2.45) is 0 Å². The first-order valence-electron chi connectivity index (χ1n) is 3.97. The highest BCUT2D eigenvalue weighted by Gasteiger charge is 2.08. The largest absolute Gasteiger partial charge is 0.465 e. The molecule has 0 unspecified atom stereocenters. The molecule has 0 spiro atoms. The SMILES string of the molecule is COC(=O)c1cnc(Cl)c(C#CCBr)c1. The van der Waals surface area contributed by atoms with E-state index in [0.29, 0.717) is 16.5 Å². The van der Waals surface area contributed by atoms with Gasteiger partial charge in [-0.05, 0) is 6.07 Å². The monoisotopic (exact) mass is 287 g/mol. The number of carbonyl (C=O) groups is 1. The number of aromatic nitrogens is 1. The van der Waals surface area contributed by atoms with E-state index in [1.807, 2.05) is 0 Å². The molecule has 0 fully saturated rings. The highest BCUT2D eigenvalue weighted by Crippen LogP contribution is 2.13. The van der Waals surface area contributed by atoms with Crippen LogP contribution in [0.4, 0.5) is 0 Å². The number of halogens is 2. The molecule has 3 nitrogen and oxygen atoms in total. The summed E-state index contributed by atoms with van der Waals surface area (Å²) in [6.07, 6.45) is 1.35. The fourth-order valence-electron chi connectivity index (χ4n) is 0.894. The van der Waals surface area contributed by atoms with Crippen LogP contribution in [-0.4, -0.2) is 23.4 Å². The van der Waals surface area contributed by atoms with E-state index in [-0.39, 0.29) is 5.15 Å². The average molecular weight is 289 g/mol. The van der Waals surface area contributed by atoms with Crippen molar-refractivity contribution in [3.8, 4) is 11.8 Å². The highest BCUT2D eigenvalue weighted by atomic mass is 79.9. The number of pyridine rings is 1. The molecule has 5 heteroatoms. The lowest BCUT2D eigenvalue weighted by Crippen LogP contribution is -2.02. The molecule has 0 aliphatic rings. The van der Waals surface area contributed by atoms with E-state index in [2.05, 4.69) is 37.5 Å². The average Bonchev–Trinajstić information content (AvgIpc) is 2.27. The van der Waals surface area contributed by atoms with Gasteiger partial charge >= 0.3 is 5.97 Å². The summed E-state index contributed by atoms with van der Waals surface area (Å²) in [7, 11) is 1.31. The predicted molar refractivity (Wildman–Crippen MR) is 61.3 cm³/mol. The van der Waals surface area contributed by atoms with Crippen LogP contribution in [0.25, 0.3) is 0 Å². The summed E-state index contributed by atoms with van der Waals surface area (Å²) >= 11 is 8.96. The summed E-state index contributed by atoms with van der Waals surface area (Å²) in [5.74, 6) is 5.11. The number of esters is 1. The van der Waals surface area contributed by atoms with Crippen molar-refractivity contribution < 1.29 is 9.53 Å². The molecule has 15 heavy (non-hydrogen) atoms. The second-order valence-corrected chi connectivity index (χ2v) is 3.41. The number of nitrogens with zero attached hydrogens (tertiary/aromatic N) is 1. The fraction of sp³-hybridized carbons (Fsp3) is 0.200. The molecule has 0 bridgehead atoms. The maximum Gasteiger partial charge on any atom is 0.339 e. The van der Waals surface area contributed by atoms with Gasteiger partial charge in [0.05, 0.1) is 23.6 Å². The highest BCUT2D eigenvalue weighted by molar-refractivity contribution is 9.09. The molecule has 1 rings (SSSR count). The van der Waals surface area contributed by atoms with Crippen molar-refractivity contribution in [3.63, 3.8) is 0 Å². The summed E-state index contributed by atoms with van der Waals surface area (Å²) in [5.41, 5.74) is 0.847. The van der Waals surface area contributed by atoms with Crippen LogP contribution in [0, 0.1) is 11.8 Å². The smallest absolute Gasteiger partial charge is 0.339 e. The Morgan fingerprint density at radius 1 is 1.73 bits per heavy atom. The second kappa shape index (κ2) is 5.74. The van der Waals surface area contributed by atoms with Gasteiger partial charge in [-0.2, -0.15) is 0 Å². The van der Waals surface area contributed by atoms with Crippen molar-refractivity contribution in [1.82, 2.24) is 4.98 Å². The summed E-state index contributed by atoms with van der Waals surface area (Å²) in [6.45, 7) is 0. The molecule has 0 aliphatic carbocycles. The Balaban J connectivity index is 3.10. The molecular formula is C10H7BrClNO2. The lowest BCUT2D eigenvalue weighted by Gasteiger charge is -2.00. The fourth-order valence-corrected chi connectivity index (χ4v) is 1.18.